The molecule has 0 spiro atoms. The molecule has 4 heteroatoms. The number of anilines is 1. The first-order chi connectivity index (χ1) is 8.68. The molecule has 2 aromatic rings. The summed E-state index contributed by atoms with van der Waals surface area (Å²) in [5.74, 6) is 0.965. The smallest absolute Gasteiger partial charge is 0.133 e. The van der Waals surface area contributed by atoms with E-state index in [1.807, 2.05) is 18.3 Å². The van der Waals surface area contributed by atoms with Crippen LogP contribution < -0.4 is 5.32 Å². The molecule has 0 saturated heterocycles. The molecular formula is C14H18BrN3. The highest BCUT2D eigenvalue weighted by Crippen LogP contribution is 2.27. The van der Waals surface area contributed by atoms with Gasteiger partial charge in [0, 0.05) is 28.0 Å². The largest absolute Gasteiger partial charge is 0.370 e. The SMILES string of the molecule is CN(C)CCCNc1nccc2c(Br)cccc12. The molecule has 1 heterocycles. The second-order valence-corrected chi connectivity index (χ2v) is 5.43. The first-order valence-electron chi connectivity index (χ1n) is 6.10. The van der Waals surface area contributed by atoms with E-state index in [1.165, 1.54) is 5.39 Å². The van der Waals surface area contributed by atoms with Gasteiger partial charge in [0.05, 0.1) is 0 Å². The summed E-state index contributed by atoms with van der Waals surface area (Å²) in [7, 11) is 4.18. The van der Waals surface area contributed by atoms with Gasteiger partial charge in [0.1, 0.15) is 5.82 Å². The fourth-order valence-corrected chi connectivity index (χ4v) is 2.41. The Kier molecular flexibility index (Phi) is 4.55. The van der Waals surface area contributed by atoms with E-state index in [4.69, 9.17) is 0 Å². The molecule has 0 aliphatic carbocycles. The number of benzene rings is 1. The van der Waals surface area contributed by atoms with Gasteiger partial charge in [-0.15, -0.1) is 0 Å². The van der Waals surface area contributed by atoms with Gasteiger partial charge >= 0.3 is 0 Å². The van der Waals surface area contributed by atoms with E-state index in [0.29, 0.717) is 0 Å². The minimum atomic E-state index is 0.941. The lowest BCUT2D eigenvalue weighted by Crippen LogP contribution is -2.16. The summed E-state index contributed by atoms with van der Waals surface area (Å²) in [5.41, 5.74) is 0. The maximum atomic E-state index is 4.42. The maximum absolute atomic E-state index is 4.42. The molecule has 18 heavy (non-hydrogen) atoms. The van der Waals surface area contributed by atoms with E-state index in [9.17, 15) is 0 Å². The Balaban J connectivity index is 2.11. The van der Waals surface area contributed by atoms with E-state index in [2.05, 4.69) is 57.4 Å². The summed E-state index contributed by atoms with van der Waals surface area (Å²) >= 11 is 3.57. The number of nitrogens with one attached hydrogen (secondary N) is 1. The Bertz CT molecular complexity index is 525. The number of aromatic nitrogens is 1. The third-order valence-electron chi connectivity index (χ3n) is 2.83. The first-order valence-corrected chi connectivity index (χ1v) is 6.89. The summed E-state index contributed by atoms with van der Waals surface area (Å²) < 4.78 is 1.11. The minimum Gasteiger partial charge on any atom is -0.370 e. The number of hydrogen-bond donors (Lipinski definition) is 1. The van der Waals surface area contributed by atoms with Crippen LogP contribution in [0.1, 0.15) is 6.42 Å². The van der Waals surface area contributed by atoms with Crippen LogP contribution in [-0.2, 0) is 0 Å². The van der Waals surface area contributed by atoms with Gasteiger partial charge in [-0.1, -0.05) is 28.1 Å². The first kappa shape index (κ1) is 13.3. The van der Waals surface area contributed by atoms with Gasteiger partial charge < -0.3 is 10.2 Å². The molecule has 0 aliphatic rings. The molecule has 0 aliphatic heterocycles. The van der Waals surface area contributed by atoms with Crippen molar-refractivity contribution in [1.29, 1.82) is 0 Å². The van der Waals surface area contributed by atoms with E-state index in [0.717, 1.165) is 35.2 Å². The van der Waals surface area contributed by atoms with Crippen LogP contribution in [0.15, 0.2) is 34.9 Å². The van der Waals surface area contributed by atoms with Crippen LogP contribution in [0.2, 0.25) is 0 Å². The van der Waals surface area contributed by atoms with Crippen LogP contribution in [0, 0.1) is 0 Å². The number of rotatable bonds is 5. The summed E-state index contributed by atoms with van der Waals surface area (Å²) in [4.78, 5) is 6.61. The molecule has 0 amide bonds. The Labute approximate surface area is 116 Å². The zero-order valence-electron chi connectivity index (χ0n) is 10.8. The lowest BCUT2D eigenvalue weighted by molar-refractivity contribution is 0.405. The van der Waals surface area contributed by atoms with Gasteiger partial charge in [0.2, 0.25) is 0 Å². The molecule has 0 radical (unpaired) electrons. The summed E-state index contributed by atoms with van der Waals surface area (Å²) in [5, 5.41) is 5.77. The third kappa shape index (κ3) is 3.21. The molecule has 0 saturated carbocycles. The molecule has 1 N–H and O–H groups in total. The van der Waals surface area contributed by atoms with Gasteiger partial charge in [0.15, 0.2) is 0 Å². The molecule has 2 rings (SSSR count). The van der Waals surface area contributed by atoms with Crippen molar-refractivity contribution in [2.75, 3.05) is 32.5 Å². The number of pyridine rings is 1. The quantitative estimate of drug-likeness (QED) is 0.859. The van der Waals surface area contributed by atoms with Crippen molar-refractivity contribution in [3.8, 4) is 0 Å². The van der Waals surface area contributed by atoms with Crippen molar-refractivity contribution < 1.29 is 0 Å². The number of fused-ring (bicyclic) bond motifs is 1. The van der Waals surface area contributed by atoms with E-state index < -0.39 is 0 Å². The number of hydrogen-bond acceptors (Lipinski definition) is 3. The Morgan fingerprint density at radius 1 is 1.22 bits per heavy atom. The zero-order valence-corrected chi connectivity index (χ0v) is 12.4. The molecule has 0 bridgehead atoms. The second-order valence-electron chi connectivity index (χ2n) is 4.58. The minimum absolute atomic E-state index is 0.941. The summed E-state index contributed by atoms with van der Waals surface area (Å²) in [6, 6.07) is 8.23. The van der Waals surface area contributed by atoms with Crippen LogP contribution >= 0.6 is 15.9 Å². The number of nitrogens with zero attached hydrogens (tertiary/aromatic N) is 2. The fourth-order valence-electron chi connectivity index (χ4n) is 1.91. The number of halogens is 1. The lowest BCUT2D eigenvalue weighted by Gasteiger charge is -2.11. The Morgan fingerprint density at radius 3 is 2.83 bits per heavy atom. The second kappa shape index (κ2) is 6.16. The molecule has 96 valence electrons. The van der Waals surface area contributed by atoms with Crippen LogP contribution in [-0.4, -0.2) is 37.1 Å². The van der Waals surface area contributed by atoms with Crippen molar-refractivity contribution in [3.05, 3.63) is 34.9 Å². The van der Waals surface area contributed by atoms with Gasteiger partial charge in [-0.05, 0) is 39.2 Å². The molecule has 1 aromatic carbocycles. The summed E-state index contributed by atoms with van der Waals surface area (Å²) in [6.45, 7) is 2.03. The van der Waals surface area contributed by atoms with Crippen molar-refractivity contribution >= 4 is 32.5 Å². The maximum Gasteiger partial charge on any atom is 0.133 e. The topological polar surface area (TPSA) is 28.2 Å². The highest BCUT2D eigenvalue weighted by atomic mass is 79.9. The Hall–Kier alpha value is -1.13. The van der Waals surface area contributed by atoms with Crippen molar-refractivity contribution in [2.24, 2.45) is 0 Å². The zero-order chi connectivity index (χ0) is 13.0. The van der Waals surface area contributed by atoms with Crippen molar-refractivity contribution in [1.82, 2.24) is 9.88 Å². The molecule has 0 fully saturated rings. The van der Waals surface area contributed by atoms with Crippen LogP contribution in [0.5, 0.6) is 0 Å². The van der Waals surface area contributed by atoms with Crippen molar-refractivity contribution in [3.63, 3.8) is 0 Å². The van der Waals surface area contributed by atoms with Gasteiger partial charge in [0.25, 0.3) is 0 Å². The predicted octanol–water partition coefficient (Wildman–Crippen LogP) is 3.36. The average Bonchev–Trinajstić information content (AvgIpc) is 2.35. The van der Waals surface area contributed by atoms with E-state index in [1.54, 1.807) is 0 Å². The molecule has 0 unspecified atom stereocenters. The molecule has 1 aromatic heterocycles. The van der Waals surface area contributed by atoms with E-state index >= 15 is 0 Å². The molecule has 0 atom stereocenters. The predicted molar refractivity (Wildman–Crippen MR) is 81.1 cm³/mol. The van der Waals surface area contributed by atoms with Gasteiger partial charge in [-0.3, -0.25) is 0 Å². The van der Waals surface area contributed by atoms with Crippen LogP contribution in [0.25, 0.3) is 10.8 Å². The fraction of sp³-hybridized carbons (Fsp3) is 0.357. The molecule has 3 nitrogen and oxygen atoms in total. The van der Waals surface area contributed by atoms with Crippen LogP contribution in [0.3, 0.4) is 0 Å². The summed E-state index contributed by atoms with van der Waals surface area (Å²) in [6.07, 6.45) is 2.96. The van der Waals surface area contributed by atoms with E-state index in [-0.39, 0.29) is 0 Å². The van der Waals surface area contributed by atoms with Gasteiger partial charge in [-0.2, -0.15) is 0 Å². The average molecular weight is 308 g/mol. The molecular weight excluding hydrogens is 290 g/mol. The highest BCUT2D eigenvalue weighted by Gasteiger charge is 2.03. The normalized spacial score (nSPS) is 11.1. The standard InChI is InChI=1S/C14H18BrN3/c1-18(2)10-4-8-16-14-12-5-3-6-13(15)11(12)7-9-17-14/h3,5-7,9H,4,8,10H2,1-2H3,(H,16,17). The monoisotopic (exact) mass is 307 g/mol. The Morgan fingerprint density at radius 2 is 2.06 bits per heavy atom. The van der Waals surface area contributed by atoms with Crippen LogP contribution in [0.4, 0.5) is 5.82 Å². The van der Waals surface area contributed by atoms with Crippen molar-refractivity contribution in [2.45, 2.75) is 6.42 Å². The third-order valence-corrected chi connectivity index (χ3v) is 3.52. The lowest BCUT2D eigenvalue weighted by atomic mass is 10.1. The van der Waals surface area contributed by atoms with Gasteiger partial charge in [-0.25, -0.2) is 4.98 Å². The highest BCUT2D eigenvalue weighted by molar-refractivity contribution is 9.10.